The number of hydrogen-bond acceptors (Lipinski definition) is 3. The van der Waals surface area contributed by atoms with Crippen LogP contribution in [0.15, 0.2) is 12.3 Å². The van der Waals surface area contributed by atoms with Gasteiger partial charge in [-0.25, -0.2) is 9.97 Å². The molecule has 1 aromatic heterocycles. The first-order valence-corrected chi connectivity index (χ1v) is 5.50. The molecule has 1 aromatic rings. The zero-order chi connectivity index (χ0) is 13.1. The van der Waals surface area contributed by atoms with Gasteiger partial charge >= 0.3 is 6.18 Å². The van der Waals surface area contributed by atoms with Crippen LogP contribution in [0.25, 0.3) is 0 Å². The summed E-state index contributed by atoms with van der Waals surface area (Å²) in [7, 11) is 1.63. The van der Waals surface area contributed by atoms with Crippen molar-refractivity contribution in [3.05, 3.63) is 18.0 Å². The summed E-state index contributed by atoms with van der Waals surface area (Å²) in [5.41, 5.74) is -0.937. The van der Waals surface area contributed by atoms with Crippen molar-refractivity contribution < 1.29 is 13.2 Å². The maximum absolute atomic E-state index is 12.4. The van der Waals surface area contributed by atoms with E-state index in [0.29, 0.717) is 13.0 Å². The molecule has 0 fully saturated rings. The van der Waals surface area contributed by atoms with Gasteiger partial charge in [0.2, 0.25) is 5.95 Å². The Bertz CT molecular complexity index is 368. The van der Waals surface area contributed by atoms with Gasteiger partial charge < -0.3 is 4.90 Å². The Hall–Kier alpha value is -1.04. The molecule has 7 heteroatoms. The van der Waals surface area contributed by atoms with Crippen molar-refractivity contribution in [2.45, 2.75) is 24.9 Å². The van der Waals surface area contributed by atoms with E-state index in [2.05, 4.69) is 9.97 Å². The van der Waals surface area contributed by atoms with Gasteiger partial charge in [0.05, 0.1) is 0 Å². The Kier molecular flexibility index (Phi) is 4.56. The summed E-state index contributed by atoms with van der Waals surface area (Å²) in [5, 5.41) is -0.0387. The topological polar surface area (TPSA) is 29.0 Å². The minimum absolute atomic E-state index is 0.0387. The van der Waals surface area contributed by atoms with Crippen LogP contribution in [0.1, 0.15) is 19.0 Å². The van der Waals surface area contributed by atoms with Gasteiger partial charge in [-0.15, -0.1) is 11.6 Å². The Balaban J connectivity index is 2.77. The molecule has 1 atom stereocenters. The zero-order valence-corrected chi connectivity index (χ0v) is 10.3. The molecular formula is C10H13ClF3N3. The highest BCUT2D eigenvalue weighted by Gasteiger charge is 2.33. The van der Waals surface area contributed by atoms with Crippen molar-refractivity contribution in [1.29, 1.82) is 0 Å². The summed E-state index contributed by atoms with van der Waals surface area (Å²) in [6.45, 7) is 2.33. The molecule has 0 N–H and O–H groups in total. The van der Waals surface area contributed by atoms with Gasteiger partial charge in [0, 0.05) is 25.2 Å². The van der Waals surface area contributed by atoms with Crippen LogP contribution in [0.5, 0.6) is 0 Å². The highest BCUT2D eigenvalue weighted by Crippen LogP contribution is 2.27. The largest absolute Gasteiger partial charge is 0.433 e. The van der Waals surface area contributed by atoms with E-state index < -0.39 is 11.9 Å². The van der Waals surface area contributed by atoms with Crippen molar-refractivity contribution >= 4 is 17.5 Å². The summed E-state index contributed by atoms with van der Waals surface area (Å²) in [6, 6.07) is 0.849. The van der Waals surface area contributed by atoms with Crippen molar-refractivity contribution in [1.82, 2.24) is 9.97 Å². The van der Waals surface area contributed by atoms with Crippen LogP contribution >= 0.6 is 11.6 Å². The average Bonchev–Trinajstić information content (AvgIpc) is 2.25. The van der Waals surface area contributed by atoms with Crippen molar-refractivity contribution in [3.8, 4) is 0 Å². The Labute approximate surface area is 103 Å². The van der Waals surface area contributed by atoms with Crippen molar-refractivity contribution in [3.63, 3.8) is 0 Å². The maximum atomic E-state index is 12.4. The normalized spacial score (nSPS) is 13.5. The molecule has 1 rings (SSSR count). The highest BCUT2D eigenvalue weighted by molar-refractivity contribution is 6.20. The monoisotopic (exact) mass is 267 g/mol. The van der Waals surface area contributed by atoms with Crippen molar-refractivity contribution in [2.75, 3.05) is 18.5 Å². The molecule has 96 valence electrons. The second kappa shape index (κ2) is 5.53. The second-order valence-corrected chi connectivity index (χ2v) is 4.48. The number of nitrogens with zero attached hydrogens (tertiary/aromatic N) is 3. The molecule has 0 radical (unpaired) electrons. The molecule has 0 saturated heterocycles. The van der Waals surface area contributed by atoms with E-state index in [1.54, 1.807) is 11.9 Å². The smallest absolute Gasteiger partial charge is 0.344 e. The third-order valence-corrected chi connectivity index (χ3v) is 2.36. The summed E-state index contributed by atoms with van der Waals surface area (Å²) in [6.07, 6.45) is -2.69. The van der Waals surface area contributed by atoms with Gasteiger partial charge in [-0.1, -0.05) is 0 Å². The van der Waals surface area contributed by atoms with Crippen LogP contribution in [-0.2, 0) is 6.18 Å². The second-order valence-electron chi connectivity index (χ2n) is 3.73. The first-order valence-electron chi connectivity index (χ1n) is 5.06. The zero-order valence-electron chi connectivity index (χ0n) is 9.50. The molecule has 0 aliphatic rings. The lowest BCUT2D eigenvalue weighted by Gasteiger charge is -2.18. The van der Waals surface area contributed by atoms with Gasteiger partial charge in [-0.2, -0.15) is 13.2 Å². The maximum Gasteiger partial charge on any atom is 0.433 e. The third-order valence-electron chi connectivity index (χ3n) is 2.14. The third kappa shape index (κ3) is 4.38. The van der Waals surface area contributed by atoms with Gasteiger partial charge in [-0.3, -0.25) is 0 Å². The quantitative estimate of drug-likeness (QED) is 0.786. The molecule has 0 amide bonds. The van der Waals surface area contributed by atoms with Crippen LogP contribution in [0, 0.1) is 0 Å². The molecule has 1 heterocycles. The Morgan fingerprint density at radius 1 is 1.47 bits per heavy atom. The predicted octanol–water partition coefficient (Wildman–Crippen LogP) is 2.95. The van der Waals surface area contributed by atoms with Crippen LogP contribution in [0.4, 0.5) is 19.1 Å². The molecule has 0 aliphatic carbocycles. The van der Waals surface area contributed by atoms with Gasteiger partial charge in [0.25, 0.3) is 0 Å². The van der Waals surface area contributed by atoms with Crippen LogP contribution < -0.4 is 4.90 Å². The fourth-order valence-corrected chi connectivity index (χ4v) is 1.26. The number of rotatable bonds is 4. The van der Waals surface area contributed by atoms with Crippen LogP contribution in [-0.4, -0.2) is 28.9 Å². The molecule has 17 heavy (non-hydrogen) atoms. The minimum Gasteiger partial charge on any atom is -0.344 e. The van der Waals surface area contributed by atoms with E-state index in [9.17, 15) is 13.2 Å². The summed E-state index contributed by atoms with van der Waals surface area (Å²) < 4.78 is 37.2. The Morgan fingerprint density at radius 3 is 2.65 bits per heavy atom. The van der Waals surface area contributed by atoms with E-state index >= 15 is 0 Å². The molecule has 3 nitrogen and oxygen atoms in total. The first-order chi connectivity index (χ1) is 7.80. The molecule has 0 aliphatic heterocycles. The van der Waals surface area contributed by atoms with Crippen LogP contribution in [0.2, 0.25) is 0 Å². The molecular weight excluding hydrogens is 255 g/mol. The first kappa shape index (κ1) is 14.0. The SMILES string of the molecule is CC(Cl)CCN(C)c1nccc(C(F)(F)F)n1. The van der Waals surface area contributed by atoms with E-state index in [0.717, 1.165) is 12.3 Å². The number of aromatic nitrogens is 2. The van der Waals surface area contributed by atoms with E-state index in [4.69, 9.17) is 11.6 Å². The van der Waals surface area contributed by atoms with Gasteiger partial charge in [-0.05, 0) is 19.4 Å². The number of halogens is 4. The van der Waals surface area contributed by atoms with E-state index in [-0.39, 0.29) is 11.3 Å². The molecule has 0 spiro atoms. The predicted molar refractivity (Wildman–Crippen MR) is 60.2 cm³/mol. The number of hydrogen-bond donors (Lipinski definition) is 0. The minimum atomic E-state index is -4.45. The summed E-state index contributed by atoms with van der Waals surface area (Å²) in [5.74, 6) is 0.0529. The lowest BCUT2D eigenvalue weighted by Crippen LogP contribution is -2.24. The Morgan fingerprint density at radius 2 is 2.12 bits per heavy atom. The molecule has 0 aromatic carbocycles. The fraction of sp³-hybridized carbons (Fsp3) is 0.600. The molecule has 1 unspecified atom stereocenters. The number of alkyl halides is 4. The standard InChI is InChI=1S/C10H13ClF3N3/c1-7(11)4-6-17(2)9-15-5-3-8(16-9)10(12,13)14/h3,5,7H,4,6H2,1-2H3. The van der Waals surface area contributed by atoms with Gasteiger partial charge in [0.15, 0.2) is 0 Å². The number of anilines is 1. The van der Waals surface area contributed by atoms with Crippen molar-refractivity contribution in [2.24, 2.45) is 0 Å². The lowest BCUT2D eigenvalue weighted by molar-refractivity contribution is -0.141. The van der Waals surface area contributed by atoms with Gasteiger partial charge in [0.1, 0.15) is 5.69 Å². The van der Waals surface area contributed by atoms with E-state index in [1.165, 1.54) is 0 Å². The fourth-order valence-electron chi connectivity index (χ4n) is 1.16. The highest BCUT2D eigenvalue weighted by atomic mass is 35.5. The van der Waals surface area contributed by atoms with E-state index in [1.807, 2.05) is 6.92 Å². The van der Waals surface area contributed by atoms with Crippen LogP contribution in [0.3, 0.4) is 0 Å². The molecule has 0 bridgehead atoms. The lowest BCUT2D eigenvalue weighted by atomic mass is 10.3. The summed E-state index contributed by atoms with van der Waals surface area (Å²) >= 11 is 5.77. The average molecular weight is 268 g/mol. The molecule has 0 saturated carbocycles. The summed E-state index contributed by atoms with van der Waals surface area (Å²) in [4.78, 5) is 8.82.